The largest absolute Gasteiger partial charge is 0.393 e. The molecule has 0 radical (unpaired) electrons. The van der Waals surface area contributed by atoms with Crippen molar-refractivity contribution in [2.24, 2.45) is 51.8 Å². The number of hydrogen-bond acceptors (Lipinski definition) is 3. The van der Waals surface area contributed by atoms with Crippen molar-refractivity contribution in [3.8, 4) is 0 Å². The van der Waals surface area contributed by atoms with Crippen LogP contribution in [0, 0.1) is 51.8 Å². The molecule has 4 fully saturated rings. The first-order valence-corrected chi connectivity index (χ1v) is 12.9. The van der Waals surface area contributed by atoms with Crippen LogP contribution in [0.3, 0.4) is 0 Å². The van der Waals surface area contributed by atoms with Gasteiger partial charge in [0.25, 0.3) is 0 Å². The van der Waals surface area contributed by atoms with E-state index in [-0.39, 0.29) is 41.0 Å². The third-order valence-electron chi connectivity index (χ3n) is 10.8. The van der Waals surface area contributed by atoms with Gasteiger partial charge in [0.15, 0.2) is 0 Å². The van der Waals surface area contributed by atoms with Crippen molar-refractivity contribution in [3.63, 3.8) is 0 Å². The minimum absolute atomic E-state index is 0.0286. The van der Waals surface area contributed by atoms with E-state index in [9.17, 15) is 15.3 Å². The summed E-state index contributed by atoms with van der Waals surface area (Å²) in [5, 5.41) is 33.5. The Kier molecular flexibility index (Phi) is 5.94. The zero-order chi connectivity index (χ0) is 22.1. The van der Waals surface area contributed by atoms with Gasteiger partial charge in [0.05, 0.1) is 18.3 Å². The number of hydrogen-bond donors (Lipinski definition) is 3. The van der Waals surface area contributed by atoms with Crippen molar-refractivity contribution in [3.05, 3.63) is 0 Å². The number of rotatable bonds is 3. The molecule has 0 aliphatic heterocycles. The molecule has 0 bridgehead atoms. The highest BCUT2D eigenvalue weighted by molar-refractivity contribution is 5.14. The standard InChI is InChI=1S/C27H48O3/c1-16(9-11-25(2,3)4)21-8-7-17-14-20-22(29)15-18-13-19(28)10-12-26(18,5)23(20)24(30)27(17,21)6/h16-24,28-30H,7-15H2,1-6H3/t16-,17-,18+,19-,20-,21-,22-,23?,24+,26+,27+/m1/s1. The summed E-state index contributed by atoms with van der Waals surface area (Å²) in [4.78, 5) is 0. The van der Waals surface area contributed by atoms with Crippen LogP contribution in [-0.4, -0.2) is 33.6 Å². The molecular weight excluding hydrogens is 372 g/mol. The second kappa shape index (κ2) is 7.73. The van der Waals surface area contributed by atoms with E-state index in [2.05, 4.69) is 41.5 Å². The van der Waals surface area contributed by atoms with E-state index in [1.807, 2.05) is 0 Å². The first-order valence-electron chi connectivity index (χ1n) is 12.9. The normalized spacial score (nSPS) is 52.3. The molecule has 4 aliphatic carbocycles. The molecule has 4 saturated carbocycles. The lowest BCUT2D eigenvalue weighted by Crippen LogP contribution is -2.64. The van der Waals surface area contributed by atoms with E-state index >= 15 is 0 Å². The van der Waals surface area contributed by atoms with Gasteiger partial charge in [-0.1, -0.05) is 41.5 Å². The Bertz CT molecular complexity index is 626. The molecule has 0 saturated heterocycles. The summed E-state index contributed by atoms with van der Waals surface area (Å²) in [7, 11) is 0. The van der Waals surface area contributed by atoms with Crippen LogP contribution < -0.4 is 0 Å². The van der Waals surface area contributed by atoms with Gasteiger partial charge in [-0.3, -0.25) is 0 Å². The van der Waals surface area contributed by atoms with Gasteiger partial charge in [-0.2, -0.15) is 0 Å². The molecule has 0 aromatic heterocycles. The van der Waals surface area contributed by atoms with Crippen molar-refractivity contribution in [2.75, 3.05) is 0 Å². The highest BCUT2D eigenvalue weighted by Gasteiger charge is 2.65. The minimum Gasteiger partial charge on any atom is -0.393 e. The number of fused-ring (bicyclic) bond motifs is 4. The van der Waals surface area contributed by atoms with Crippen LogP contribution in [0.2, 0.25) is 0 Å². The van der Waals surface area contributed by atoms with Crippen molar-refractivity contribution in [2.45, 2.75) is 118 Å². The average molecular weight is 421 g/mol. The summed E-state index contributed by atoms with van der Waals surface area (Å²) in [5.41, 5.74) is 0.387. The van der Waals surface area contributed by atoms with E-state index < -0.39 is 0 Å². The average Bonchev–Trinajstić information content (AvgIpc) is 2.99. The monoisotopic (exact) mass is 420 g/mol. The Morgan fingerprint density at radius 2 is 1.63 bits per heavy atom. The molecule has 3 nitrogen and oxygen atoms in total. The minimum atomic E-state index is -0.330. The molecule has 4 aliphatic rings. The molecule has 4 rings (SSSR count). The Labute approximate surface area is 185 Å². The van der Waals surface area contributed by atoms with Crippen molar-refractivity contribution < 1.29 is 15.3 Å². The fraction of sp³-hybridized carbons (Fsp3) is 1.00. The quantitative estimate of drug-likeness (QED) is 0.572. The Hall–Kier alpha value is -0.120. The lowest BCUT2D eigenvalue weighted by Gasteiger charge is -2.64. The molecule has 0 heterocycles. The predicted molar refractivity (Wildman–Crippen MR) is 122 cm³/mol. The third-order valence-corrected chi connectivity index (χ3v) is 10.8. The van der Waals surface area contributed by atoms with Crippen molar-refractivity contribution >= 4 is 0 Å². The third kappa shape index (κ3) is 3.59. The van der Waals surface area contributed by atoms with Crippen LogP contribution in [0.15, 0.2) is 0 Å². The maximum Gasteiger partial charge on any atom is 0.0636 e. The topological polar surface area (TPSA) is 60.7 Å². The molecule has 1 unspecified atom stereocenters. The Morgan fingerprint density at radius 3 is 2.30 bits per heavy atom. The summed E-state index contributed by atoms with van der Waals surface area (Å²) in [6.45, 7) is 14.2. The van der Waals surface area contributed by atoms with Gasteiger partial charge < -0.3 is 15.3 Å². The van der Waals surface area contributed by atoms with E-state index in [0.717, 1.165) is 32.1 Å². The Morgan fingerprint density at radius 1 is 0.933 bits per heavy atom. The molecule has 11 atom stereocenters. The van der Waals surface area contributed by atoms with Crippen LogP contribution in [0.1, 0.15) is 99.3 Å². The zero-order valence-corrected chi connectivity index (χ0v) is 20.4. The summed E-state index contributed by atoms with van der Waals surface area (Å²) in [5.74, 6) is 2.51. The highest BCUT2D eigenvalue weighted by Crippen LogP contribution is 2.67. The van der Waals surface area contributed by atoms with Crippen molar-refractivity contribution in [1.82, 2.24) is 0 Å². The van der Waals surface area contributed by atoms with Crippen LogP contribution in [0.4, 0.5) is 0 Å². The summed E-state index contributed by atoms with van der Waals surface area (Å²) in [6.07, 6.45) is 8.61. The van der Waals surface area contributed by atoms with E-state index in [0.29, 0.717) is 29.1 Å². The molecule has 0 aromatic rings. The molecule has 0 spiro atoms. The molecule has 30 heavy (non-hydrogen) atoms. The van der Waals surface area contributed by atoms with E-state index in [1.165, 1.54) is 25.7 Å². The fourth-order valence-electron chi connectivity index (χ4n) is 8.91. The van der Waals surface area contributed by atoms with Gasteiger partial charge >= 0.3 is 0 Å². The lowest BCUT2D eigenvalue weighted by molar-refractivity contribution is -0.222. The fourth-order valence-corrected chi connectivity index (χ4v) is 8.91. The Balaban J connectivity index is 1.62. The van der Waals surface area contributed by atoms with E-state index in [4.69, 9.17) is 0 Å². The van der Waals surface area contributed by atoms with E-state index in [1.54, 1.807) is 0 Å². The van der Waals surface area contributed by atoms with Gasteiger partial charge in [0.2, 0.25) is 0 Å². The molecular formula is C27H48O3. The molecule has 0 aromatic carbocycles. The number of aliphatic hydroxyl groups excluding tert-OH is 3. The van der Waals surface area contributed by atoms with Crippen LogP contribution in [0.25, 0.3) is 0 Å². The first-order chi connectivity index (χ1) is 13.9. The smallest absolute Gasteiger partial charge is 0.0636 e. The van der Waals surface area contributed by atoms with Gasteiger partial charge in [-0.15, -0.1) is 0 Å². The lowest BCUT2D eigenvalue weighted by atomic mass is 9.43. The molecule has 3 N–H and O–H groups in total. The molecule has 174 valence electrons. The molecule has 3 heteroatoms. The second-order valence-electron chi connectivity index (χ2n) is 13.6. The first kappa shape index (κ1) is 23.1. The summed E-state index contributed by atoms with van der Waals surface area (Å²) in [6, 6.07) is 0. The maximum absolute atomic E-state index is 12.1. The van der Waals surface area contributed by atoms with Crippen molar-refractivity contribution in [1.29, 1.82) is 0 Å². The van der Waals surface area contributed by atoms with Crippen LogP contribution in [-0.2, 0) is 0 Å². The van der Waals surface area contributed by atoms with Gasteiger partial charge in [-0.05, 0) is 110 Å². The predicted octanol–water partition coefficient (Wildman–Crippen LogP) is 5.41. The van der Waals surface area contributed by atoms with Crippen LogP contribution in [0.5, 0.6) is 0 Å². The zero-order valence-electron chi connectivity index (χ0n) is 20.4. The van der Waals surface area contributed by atoms with Crippen LogP contribution >= 0.6 is 0 Å². The molecule has 0 amide bonds. The van der Waals surface area contributed by atoms with Gasteiger partial charge in [-0.25, -0.2) is 0 Å². The SMILES string of the molecule is C[C@H](CCC(C)(C)C)[C@H]1CC[C@@H]2C[C@H]3C([C@H](O)[C@@]21C)[C@@]1(C)CC[C@@H](O)C[C@H]1C[C@H]3O. The summed E-state index contributed by atoms with van der Waals surface area (Å²) >= 11 is 0. The highest BCUT2D eigenvalue weighted by atomic mass is 16.3. The second-order valence-corrected chi connectivity index (χ2v) is 13.6. The summed E-state index contributed by atoms with van der Waals surface area (Å²) < 4.78 is 0. The number of aliphatic hydroxyl groups is 3. The van der Waals surface area contributed by atoms with Gasteiger partial charge in [0.1, 0.15) is 0 Å². The van der Waals surface area contributed by atoms with Gasteiger partial charge in [0, 0.05) is 0 Å². The maximum atomic E-state index is 12.1.